The first-order chi connectivity index (χ1) is 15.2. The van der Waals surface area contributed by atoms with E-state index in [2.05, 4.69) is 15.2 Å². The smallest absolute Gasteiger partial charge is 0.871 e. The fourth-order valence-corrected chi connectivity index (χ4v) is 4.64. The zero-order chi connectivity index (χ0) is 24.7. The minimum Gasteiger partial charge on any atom is -0.871 e. The van der Waals surface area contributed by atoms with Crippen LogP contribution in [0, 0.1) is 13.8 Å². The van der Waals surface area contributed by atoms with E-state index < -0.39 is 47.4 Å². The number of hydrogen-bond acceptors (Lipinski definition) is 9. The molecule has 0 saturated heterocycles. The van der Waals surface area contributed by atoms with Crippen molar-refractivity contribution in [3.8, 4) is 5.75 Å². The third kappa shape index (κ3) is 7.32. The molecule has 0 unspecified atom stereocenters. The summed E-state index contributed by atoms with van der Waals surface area (Å²) in [4.78, 5) is 2.27. The first-order valence-corrected chi connectivity index (χ1v) is 12.0. The van der Waals surface area contributed by atoms with Crippen molar-refractivity contribution in [3.63, 3.8) is 0 Å². The van der Waals surface area contributed by atoms with E-state index >= 15 is 0 Å². The van der Waals surface area contributed by atoms with E-state index in [1.165, 1.54) is 32.0 Å². The maximum Gasteiger partial charge on any atom is 1.00 e. The predicted molar refractivity (Wildman–Crippen MR) is 116 cm³/mol. The van der Waals surface area contributed by atoms with E-state index in [-0.39, 0.29) is 86.8 Å². The second-order valence-corrected chi connectivity index (χ2v) is 9.95. The molecular weight excluding hydrogens is 520 g/mol. The molecule has 3 aromatic carbocycles. The van der Waals surface area contributed by atoms with Gasteiger partial charge < -0.3 is 10.2 Å². The zero-order valence-corrected chi connectivity index (χ0v) is 25.1. The van der Waals surface area contributed by atoms with Crippen LogP contribution in [0.3, 0.4) is 0 Å². The Bertz CT molecular complexity index is 1570. The monoisotopic (exact) mass is 537 g/mol. The van der Waals surface area contributed by atoms with E-state index in [1.54, 1.807) is 13.0 Å². The van der Waals surface area contributed by atoms with Gasteiger partial charge in [-0.3, -0.25) is 14.1 Å². The van der Waals surface area contributed by atoms with Crippen molar-refractivity contribution >= 4 is 54.0 Å². The summed E-state index contributed by atoms with van der Waals surface area (Å²) in [6.45, 7) is 4.27. The summed E-state index contributed by atoms with van der Waals surface area (Å²) in [7, 11) is -9.66. The minimum atomic E-state index is -4.94. The Morgan fingerprint density at radius 3 is 1.94 bits per heavy atom. The normalized spacial score (nSPS) is 12.4. The zero-order valence-electron chi connectivity index (χ0n) is 19.5. The fraction of sp³-hybridized carbons (Fsp3) is 0.150. The van der Waals surface area contributed by atoms with Crippen molar-refractivity contribution in [2.45, 2.75) is 30.6 Å². The quantitative estimate of drug-likeness (QED) is 0.112. The van der Waals surface area contributed by atoms with Crippen LogP contribution < -0.4 is 69.3 Å². The summed E-state index contributed by atoms with van der Waals surface area (Å²) in [5, 5.41) is 31.7. The van der Waals surface area contributed by atoms with Crippen molar-refractivity contribution in [2.24, 2.45) is 15.2 Å². The molecule has 0 aromatic heterocycles. The average Bonchev–Trinajstić information content (AvgIpc) is 2.66. The molecule has 0 aliphatic carbocycles. The molecule has 2 N–H and O–H groups in total. The molecule has 0 aliphatic heterocycles. The largest absolute Gasteiger partial charge is 1.00 e. The maximum absolute atomic E-state index is 13.1. The van der Waals surface area contributed by atoms with Gasteiger partial charge in [-0.15, -0.1) is 10.2 Å². The van der Waals surface area contributed by atoms with Crippen LogP contribution in [0.2, 0.25) is 0 Å². The average molecular weight is 537 g/mol. The fourth-order valence-electron chi connectivity index (χ4n) is 3.20. The standard InChI is InChI=1S/C20H19N3O8S2.2Na/c1-10-6-11(2)18(16(7-10)32(26,27)28)22-23-19-17(33(29,30)31)8-13-4-5-14(21-12(3)24)9-15(13)20(19)25;;/h4-9,25H,1-3H3,(H,21,24)(H,26,27,28)(H,29,30,31);;/q;2*+1/p-2. The van der Waals surface area contributed by atoms with Crippen LogP contribution >= 0.6 is 0 Å². The van der Waals surface area contributed by atoms with Gasteiger partial charge in [0.2, 0.25) is 0 Å². The molecule has 0 aliphatic rings. The van der Waals surface area contributed by atoms with Gasteiger partial charge in [-0.05, 0) is 72.8 Å². The summed E-state index contributed by atoms with van der Waals surface area (Å²) in [5.74, 6) is -1.48. The van der Waals surface area contributed by atoms with Crippen LogP contribution in [0.1, 0.15) is 18.1 Å². The van der Waals surface area contributed by atoms with Gasteiger partial charge in [0.1, 0.15) is 15.5 Å². The first-order valence-electron chi connectivity index (χ1n) is 9.16. The van der Waals surface area contributed by atoms with E-state index in [4.69, 9.17) is 0 Å². The molecule has 0 heterocycles. The summed E-state index contributed by atoms with van der Waals surface area (Å²) < 4.78 is 66.6. The molecule has 0 fully saturated rings. The second kappa shape index (κ2) is 11.8. The van der Waals surface area contributed by atoms with E-state index in [0.717, 1.165) is 12.1 Å². The number of nitrogens with zero attached hydrogens (tertiary/aromatic N) is 3. The molecule has 3 rings (SSSR count). The molecule has 0 radical (unpaired) electrons. The van der Waals surface area contributed by atoms with Crippen molar-refractivity contribution in [2.75, 3.05) is 0 Å². The first kappa shape index (κ1) is 31.6. The van der Waals surface area contributed by atoms with Crippen molar-refractivity contribution in [1.29, 1.82) is 0 Å². The minimum absolute atomic E-state index is 0. The Balaban J connectivity index is 0.00000306. The number of hydrogen-bond donors (Lipinski definition) is 2. The van der Waals surface area contributed by atoms with Crippen LogP contribution in [0.25, 0.3) is 10.8 Å². The van der Waals surface area contributed by atoms with Crippen LogP contribution in [-0.2, 0) is 20.2 Å². The molecule has 15 heteroatoms. The maximum atomic E-state index is 13.1. The molecule has 3 aromatic rings. The summed E-state index contributed by atoms with van der Waals surface area (Å²) >= 11 is 0. The molecule has 0 atom stereocenters. The van der Waals surface area contributed by atoms with Crippen LogP contribution in [0.15, 0.2) is 61.4 Å². The van der Waals surface area contributed by atoms with Crippen molar-refractivity contribution in [3.05, 3.63) is 47.5 Å². The number of aliphatic imine (C=N–C) groups is 1. The molecule has 0 spiro atoms. The Labute approximate surface area is 246 Å². The molecular formula is C20H17N3Na2O8S2. The third-order valence-electron chi connectivity index (χ3n) is 4.52. The molecule has 0 saturated carbocycles. The molecule has 11 nitrogen and oxygen atoms in total. The predicted octanol–water partition coefficient (Wildman–Crippen LogP) is -3.14. The summed E-state index contributed by atoms with van der Waals surface area (Å²) in [6, 6.07) is 7.63. The molecule has 174 valence electrons. The second-order valence-electron chi connectivity index (χ2n) is 7.17. The summed E-state index contributed by atoms with van der Waals surface area (Å²) in [5.41, 5.74) is -0.196. The molecule has 35 heavy (non-hydrogen) atoms. The molecule has 0 bridgehead atoms. The van der Waals surface area contributed by atoms with Gasteiger partial charge in [0.25, 0.3) is 20.2 Å². The Morgan fingerprint density at radius 1 is 0.857 bits per heavy atom. The number of benzene rings is 3. The van der Waals surface area contributed by atoms with Gasteiger partial charge in [-0.1, -0.05) is 17.9 Å². The molecule has 0 amide bonds. The Kier molecular flexibility index (Phi) is 10.6. The van der Waals surface area contributed by atoms with Gasteiger partial charge in [-0.25, -0.2) is 0 Å². The summed E-state index contributed by atoms with van der Waals surface area (Å²) in [6.07, 6.45) is 0. The number of azo groups is 1. The van der Waals surface area contributed by atoms with Gasteiger partial charge in [0.15, 0.2) is 0 Å². The van der Waals surface area contributed by atoms with Crippen molar-refractivity contribution in [1.82, 2.24) is 0 Å². The Morgan fingerprint density at radius 2 is 1.40 bits per heavy atom. The van der Waals surface area contributed by atoms with Crippen LogP contribution in [0.4, 0.5) is 17.1 Å². The van der Waals surface area contributed by atoms with E-state index in [0.29, 0.717) is 5.56 Å². The SMILES string of the molecule is CC([O-])=Nc1ccc2cc(S(=O)(=O)O)c(N=Nc3c(C)cc(C)cc3S(=O)(=O)O)c([O-])c2c1.[Na+].[Na+]. The van der Waals surface area contributed by atoms with E-state index in [9.17, 15) is 36.2 Å². The Hall–Kier alpha value is -1.39. The topological polar surface area (TPSA) is 192 Å². The van der Waals surface area contributed by atoms with Crippen LogP contribution in [0.5, 0.6) is 5.75 Å². The van der Waals surface area contributed by atoms with Crippen LogP contribution in [-0.4, -0.2) is 31.8 Å². The third-order valence-corrected chi connectivity index (χ3v) is 6.25. The van der Waals surface area contributed by atoms with Gasteiger partial charge >= 0.3 is 59.1 Å². The number of rotatable bonds is 5. The number of aryl methyl sites for hydroxylation is 2. The number of fused-ring (bicyclic) bond motifs is 1. The van der Waals surface area contributed by atoms with Gasteiger partial charge in [-0.2, -0.15) is 16.8 Å². The van der Waals surface area contributed by atoms with Gasteiger partial charge in [0.05, 0.1) is 11.4 Å². The van der Waals surface area contributed by atoms with Crippen molar-refractivity contribution < 1.29 is 95.3 Å². The van der Waals surface area contributed by atoms with E-state index in [1.807, 2.05) is 0 Å². The van der Waals surface area contributed by atoms with Gasteiger partial charge in [0, 0.05) is 0 Å².